The van der Waals surface area contributed by atoms with Crippen LogP contribution in [0.15, 0.2) is 5.10 Å². The zero-order chi connectivity index (χ0) is 17.2. The highest BCUT2D eigenvalue weighted by Gasteiger charge is 2.63. The first-order valence-electron chi connectivity index (χ1n) is 7.29. The van der Waals surface area contributed by atoms with E-state index >= 15 is 0 Å². The van der Waals surface area contributed by atoms with Crippen molar-refractivity contribution in [2.75, 3.05) is 0 Å². The fourth-order valence-electron chi connectivity index (χ4n) is 2.05. The number of hydrogen-bond donors (Lipinski definition) is 1. The molecular formula is C14H23F3N2O3. The van der Waals surface area contributed by atoms with Gasteiger partial charge in [0.25, 0.3) is 5.72 Å². The molecule has 0 bridgehead atoms. The highest BCUT2D eigenvalue weighted by Crippen LogP contribution is 2.41. The average Bonchev–Trinajstić information content (AvgIpc) is 2.65. The molecule has 1 aliphatic rings. The minimum Gasteiger partial charge on any atom is -0.442 e. The van der Waals surface area contributed by atoms with Gasteiger partial charge in [-0.05, 0) is 33.6 Å². The number of rotatable bonds is 4. The fraction of sp³-hybridized carbons (Fsp3) is 0.857. The van der Waals surface area contributed by atoms with Crippen molar-refractivity contribution in [1.29, 1.82) is 0 Å². The Labute approximate surface area is 128 Å². The number of hydrazone groups is 1. The fourth-order valence-corrected chi connectivity index (χ4v) is 2.05. The van der Waals surface area contributed by atoms with Crippen molar-refractivity contribution in [2.45, 2.75) is 77.3 Å². The van der Waals surface area contributed by atoms with Crippen molar-refractivity contribution >= 4 is 11.8 Å². The number of unbranched alkanes of at least 4 members (excludes halogenated alkanes) is 2. The highest BCUT2D eigenvalue weighted by molar-refractivity contribution is 5.89. The van der Waals surface area contributed by atoms with E-state index in [9.17, 15) is 23.1 Å². The van der Waals surface area contributed by atoms with Gasteiger partial charge in [-0.15, -0.1) is 0 Å². The van der Waals surface area contributed by atoms with Crippen molar-refractivity contribution in [2.24, 2.45) is 5.10 Å². The van der Waals surface area contributed by atoms with Crippen LogP contribution in [0.2, 0.25) is 0 Å². The van der Waals surface area contributed by atoms with Crippen LogP contribution in [0.1, 0.15) is 59.8 Å². The number of carbonyl (C=O) groups excluding carboxylic acids is 1. The van der Waals surface area contributed by atoms with Crippen molar-refractivity contribution in [1.82, 2.24) is 5.01 Å². The smallest absolute Gasteiger partial charge is 0.439 e. The molecule has 1 aliphatic heterocycles. The SMILES string of the molecule is CCCCCC1=NN(C(=O)OC(C)(C)C)C(O)(C(F)(F)F)C1. The Balaban J connectivity index is 2.97. The first-order chi connectivity index (χ1) is 9.90. The van der Waals surface area contributed by atoms with Crippen molar-refractivity contribution in [3.05, 3.63) is 0 Å². The summed E-state index contributed by atoms with van der Waals surface area (Å²) in [5.41, 5.74) is -4.17. The number of aliphatic hydroxyl groups is 1. The van der Waals surface area contributed by atoms with Gasteiger partial charge in [0.2, 0.25) is 0 Å². The van der Waals surface area contributed by atoms with Crippen LogP contribution < -0.4 is 0 Å². The predicted octanol–water partition coefficient (Wildman–Crippen LogP) is 3.81. The summed E-state index contributed by atoms with van der Waals surface area (Å²) in [6.45, 7) is 6.55. The standard InChI is InChI=1S/C14H23F3N2O3/c1-5-6-7-8-10-9-13(21,14(15,16)17)19(18-10)11(20)22-12(2,3)4/h21H,5-9H2,1-4H3. The Kier molecular flexibility index (Phi) is 5.48. The summed E-state index contributed by atoms with van der Waals surface area (Å²) in [6, 6.07) is 0. The summed E-state index contributed by atoms with van der Waals surface area (Å²) < 4.78 is 44.4. The molecule has 1 amide bonds. The van der Waals surface area contributed by atoms with Gasteiger partial charge in [0.05, 0.1) is 0 Å². The van der Waals surface area contributed by atoms with Crippen LogP contribution in [0.4, 0.5) is 18.0 Å². The number of halogens is 3. The van der Waals surface area contributed by atoms with Crippen LogP contribution in [0.25, 0.3) is 0 Å². The molecule has 1 rings (SSSR count). The summed E-state index contributed by atoms with van der Waals surface area (Å²) >= 11 is 0. The molecule has 128 valence electrons. The molecule has 0 aromatic heterocycles. The number of ether oxygens (including phenoxy) is 1. The molecule has 0 saturated heterocycles. The number of alkyl halides is 3. The lowest BCUT2D eigenvalue weighted by Gasteiger charge is -2.33. The van der Waals surface area contributed by atoms with Gasteiger partial charge in [-0.2, -0.15) is 23.3 Å². The molecule has 22 heavy (non-hydrogen) atoms. The Hall–Kier alpha value is -1.31. The highest BCUT2D eigenvalue weighted by atomic mass is 19.4. The maximum Gasteiger partial charge on any atom is 0.439 e. The Bertz CT molecular complexity index is 444. The van der Waals surface area contributed by atoms with E-state index in [4.69, 9.17) is 4.74 Å². The molecular weight excluding hydrogens is 301 g/mol. The first-order valence-corrected chi connectivity index (χ1v) is 7.29. The summed E-state index contributed by atoms with van der Waals surface area (Å²) in [5, 5.41) is 13.7. The minimum atomic E-state index is -5.01. The van der Waals surface area contributed by atoms with Gasteiger partial charge < -0.3 is 9.84 Å². The Morgan fingerprint density at radius 3 is 2.41 bits per heavy atom. The van der Waals surface area contributed by atoms with E-state index in [-0.39, 0.29) is 10.7 Å². The molecule has 1 atom stereocenters. The van der Waals surface area contributed by atoms with Crippen LogP contribution in [0.3, 0.4) is 0 Å². The summed E-state index contributed by atoms with van der Waals surface area (Å²) in [7, 11) is 0. The molecule has 5 nitrogen and oxygen atoms in total. The van der Waals surface area contributed by atoms with Gasteiger partial charge in [0.1, 0.15) is 5.60 Å². The normalized spacial score (nSPS) is 22.7. The van der Waals surface area contributed by atoms with E-state index in [2.05, 4.69) is 5.10 Å². The lowest BCUT2D eigenvalue weighted by molar-refractivity contribution is -0.300. The van der Waals surface area contributed by atoms with Crippen LogP contribution in [0, 0.1) is 0 Å². The summed E-state index contributed by atoms with van der Waals surface area (Å²) in [6.07, 6.45) is -4.34. The van der Waals surface area contributed by atoms with E-state index < -0.39 is 30.0 Å². The molecule has 1 unspecified atom stereocenters. The maximum atomic E-state index is 13.2. The third-order valence-electron chi connectivity index (χ3n) is 3.13. The molecule has 1 N–H and O–H groups in total. The van der Waals surface area contributed by atoms with Crippen LogP contribution >= 0.6 is 0 Å². The van der Waals surface area contributed by atoms with Crippen molar-refractivity contribution in [3.8, 4) is 0 Å². The van der Waals surface area contributed by atoms with Crippen LogP contribution in [0.5, 0.6) is 0 Å². The molecule has 8 heteroatoms. The summed E-state index contributed by atoms with van der Waals surface area (Å²) in [5.74, 6) is 0. The van der Waals surface area contributed by atoms with Gasteiger partial charge in [0.15, 0.2) is 0 Å². The quantitative estimate of drug-likeness (QED) is 0.800. The second kappa shape index (κ2) is 6.44. The minimum absolute atomic E-state index is 0.0273. The van der Waals surface area contributed by atoms with Gasteiger partial charge in [0, 0.05) is 12.1 Å². The van der Waals surface area contributed by atoms with Crippen LogP contribution in [-0.4, -0.2) is 39.4 Å². The molecule has 0 aromatic rings. The van der Waals surface area contributed by atoms with E-state index in [1.165, 1.54) is 20.8 Å². The second-order valence-electron chi connectivity index (χ2n) is 6.41. The molecule has 0 aliphatic carbocycles. The van der Waals surface area contributed by atoms with Crippen LogP contribution in [-0.2, 0) is 4.74 Å². The summed E-state index contributed by atoms with van der Waals surface area (Å²) in [4.78, 5) is 11.9. The third kappa shape index (κ3) is 4.34. The number of nitrogens with zero attached hydrogens (tertiary/aromatic N) is 2. The molecule has 0 saturated carbocycles. The topological polar surface area (TPSA) is 62.1 Å². The lowest BCUT2D eigenvalue weighted by atomic mass is 10.0. The number of amides is 1. The van der Waals surface area contributed by atoms with E-state index in [1.807, 2.05) is 6.92 Å². The molecule has 0 fully saturated rings. The van der Waals surface area contributed by atoms with Gasteiger partial charge in [-0.1, -0.05) is 19.8 Å². The maximum absolute atomic E-state index is 13.2. The molecule has 0 aromatic carbocycles. The Morgan fingerprint density at radius 1 is 1.36 bits per heavy atom. The molecule has 0 radical (unpaired) electrons. The van der Waals surface area contributed by atoms with E-state index in [0.717, 1.165) is 12.8 Å². The first kappa shape index (κ1) is 18.7. The largest absolute Gasteiger partial charge is 0.442 e. The lowest BCUT2D eigenvalue weighted by Crippen LogP contribution is -2.57. The third-order valence-corrected chi connectivity index (χ3v) is 3.13. The van der Waals surface area contributed by atoms with Gasteiger partial charge >= 0.3 is 12.3 Å². The molecule has 0 spiro atoms. The number of carbonyl (C=O) groups is 1. The zero-order valence-corrected chi connectivity index (χ0v) is 13.3. The van der Waals surface area contributed by atoms with Gasteiger partial charge in [-0.3, -0.25) is 0 Å². The molecule has 1 heterocycles. The van der Waals surface area contributed by atoms with Gasteiger partial charge in [-0.25, -0.2) is 4.79 Å². The second-order valence-corrected chi connectivity index (χ2v) is 6.41. The van der Waals surface area contributed by atoms with E-state index in [1.54, 1.807) is 0 Å². The zero-order valence-electron chi connectivity index (χ0n) is 13.3. The Morgan fingerprint density at radius 2 is 1.95 bits per heavy atom. The van der Waals surface area contributed by atoms with Crippen molar-refractivity contribution in [3.63, 3.8) is 0 Å². The van der Waals surface area contributed by atoms with E-state index in [0.29, 0.717) is 12.8 Å². The number of hydrogen-bond acceptors (Lipinski definition) is 4. The monoisotopic (exact) mass is 324 g/mol. The predicted molar refractivity (Wildman–Crippen MR) is 75.3 cm³/mol. The average molecular weight is 324 g/mol. The van der Waals surface area contributed by atoms with Crippen molar-refractivity contribution < 1.29 is 27.8 Å².